The zero-order valence-corrected chi connectivity index (χ0v) is 21.7. The van der Waals surface area contributed by atoms with Gasteiger partial charge in [-0.05, 0) is 43.1 Å². The number of ether oxygens (including phenoxy) is 2. The summed E-state index contributed by atoms with van der Waals surface area (Å²) in [7, 11) is 1.67. The first kappa shape index (κ1) is 24.4. The highest BCUT2D eigenvalue weighted by Gasteiger charge is 2.23. The van der Waals surface area contributed by atoms with Crippen LogP contribution >= 0.6 is 0 Å². The van der Waals surface area contributed by atoms with E-state index in [0.29, 0.717) is 5.75 Å². The molecule has 0 unspecified atom stereocenters. The van der Waals surface area contributed by atoms with E-state index >= 15 is 0 Å². The van der Waals surface area contributed by atoms with Gasteiger partial charge in [-0.3, -0.25) is 0 Å². The van der Waals surface area contributed by atoms with E-state index < -0.39 is 0 Å². The van der Waals surface area contributed by atoms with Gasteiger partial charge in [0.1, 0.15) is 18.2 Å². The van der Waals surface area contributed by atoms with Crippen LogP contribution < -0.4 is 24.6 Å². The third-order valence-corrected chi connectivity index (χ3v) is 7.28. The van der Waals surface area contributed by atoms with Gasteiger partial charge in [0, 0.05) is 56.4 Å². The smallest absolute Gasteiger partial charge is 0.225 e. The van der Waals surface area contributed by atoms with Crippen LogP contribution in [0.2, 0.25) is 0 Å². The zero-order chi connectivity index (χ0) is 25.7. The van der Waals surface area contributed by atoms with Crippen LogP contribution in [-0.2, 0) is 6.42 Å². The van der Waals surface area contributed by atoms with Gasteiger partial charge in [-0.25, -0.2) is 19.9 Å². The molecule has 2 fully saturated rings. The number of piperazine rings is 1. The van der Waals surface area contributed by atoms with E-state index in [4.69, 9.17) is 9.47 Å². The normalized spacial score (nSPS) is 16.6. The van der Waals surface area contributed by atoms with Crippen molar-refractivity contribution in [3.05, 3.63) is 72.3 Å². The van der Waals surface area contributed by atoms with Crippen molar-refractivity contribution in [3.8, 4) is 11.5 Å². The Morgan fingerprint density at radius 1 is 0.842 bits per heavy atom. The van der Waals surface area contributed by atoms with Gasteiger partial charge < -0.3 is 24.6 Å². The molecule has 0 amide bonds. The van der Waals surface area contributed by atoms with Crippen LogP contribution in [-0.4, -0.2) is 72.4 Å². The number of hydrogen-bond donors (Lipinski definition) is 1. The number of methoxy groups -OCH3 is 1. The maximum atomic E-state index is 6.39. The summed E-state index contributed by atoms with van der Waals surface area (Å²) in [5.41, 5.74) is 3.23. The van der Waals surface area contributed by atoms with Gasteiger partial charge in [-0.2, -0.15) is 0 Å². The second kappa shape index (κ2) is 11.2. The highest BCUT2D eigenvalue weighted by atomic mass is 16.5. The Morgan fingerprint density at radius 3 is 2.32 bits per heavy atom. The zero-order valence-electron chi connectivity index (χ0n) is 21.7. The van der Waals surface area contributed by atoms with Gasteiger partial charge in [0.25, 0.3) is 0 Å². The monoisotopic (exact) mass is 511 g/mol. The Bertz CT molecular complexity index is 1350. The van der Waals surface area contributed by atoms with E-state index in [9.17, 15) is 0 Å². The summed E-state index contributed by atoms with van der Waals surface area (Å²) in [5.74, 6) is 3.16. The molecule has 196 valence electrons. The molecular formula is C29H33N7O2. The van der Waals surface area contributed by atoms with Gasteiger partial charge in [0.05, 0.1) is 12.6 Å². The number of aromatic nitrogens is 4. The van der Waals surface area contributed by atoms with Crippen molar-refractivity contribution in [2.75, 3.05) is 56.2 Å². The molecule has 2 aliphatic rings. The van der Waals surface area contributed by atoms with Crippen molar-refractivity contribution < 1.29 is 9.47 Å². The van der Waals surface area contributed by atoms with Crippen molar-refractivity contribution in [2.24, 2.45) is 0 Å². The fraction of sp³-hybridized carbons (Fsp3) is 0.379. The molecule has 1 N–H and O–H groups in total. The highest BCUT2D eigenvalue weighted by molar-refractivity contribution is 5.92. The predicted octanol–water partition coefficient (Wildman–Crippen LogP) is 3.48. The van der Waals surface area contributed by atoms with Crippen LogP contribution in [0.1, 0.15) is 24.0 Å². The molecule has 4 aromatic rings. The first-order chi connectivity index (χ1) is 18.8. The molecule has 4 heterocycles. The first-order valence-electron chi connectivity index (χ1n) is 13.3. The SMILES string of the molecule is COc1cc2ncnc(N3CCN(c4ncc(Cc5ccccc5)cn4)CC3)c2cc1OC1CCNCC1. The molecule has 2 aromatic carbocycles. The quantitative estimate of drug-likeness (QED) is 0.401. The summed E-state index contributed by atoms with van der Waals surface area (Å²) in [4.78, 5) is 23.1. The van der Waals surface area contributed by atoms with Gasteiger partial charge in [-0.1, -0.05) is 30.3 Å². The number of fused-ring (bicyclic) bond motifs is 1. The second-order valence-corrected chi connectivity index (χ2v) is 9.81. The van der Waals surface area contributed by atoms with Gasteiger partial charge >= 0.3 is 0 Å². The third kappa shape index (κ3) is 5.33. The van der Waals surface area contributed by atoms with Crippen molar-refractivity contribution in [3.63, 3.8) is 0 Å². The minimum atomic E-state index is 0.179. The lowest BCUT2D eigenvalue weighted by Crippen LogP contribution is -2.47. The maximum Gasteiger partial charge on any atom is 0.225 e. The summed E-state index contributed by atoms with van der Waals surface area (Å²) < 4.78 is 12.0. The Kier molecular flexibility index (Phi) is 7.17. The number of piperidine rings is 1. The fourth-order valence-corrected chi connectivity index (χ4v) is 5.20. The van der Waals surface area contributed by atoms with E-state index in [0.717, 1.165) is 92.5 Å². The third-order valence-electron chi connectivity index (χ3n) is 7.28. The van der Waals surface area contributed by atoms with Gasteiger partial charge in [-0.15, -0.1) is 0 Å². The van der Waals surface area contributed by atoms with Crippen LogP contribution in [0.5, 0.6) is 11.5 Å². The molecule has 0 bridgehead atoms. The molecule has 6 rings (SSSR count). The Balaban J connectivity index is 1.16. The number of benzene rings is 2. The number of nitrogens with zero attached hydrogens (tertiary/aromatic N) is 6. The van der Waals surface area contributed by atoms with E-state index in [1.54, 1.807) is 13.4 Å². The minimum absolute atomic E-state index is 0.179. The molecule has 9 heteroatoms. The van der Waals surface area contributed by atoms with E-state index in [2.05, 4.69) is 59.3 Å². The lowest BCUT2D eigenvalue weighted by Gasteiger charge is -2.35. The van der Waals surface area contributed by atoms with Crippen molar-refractivity contribution in [2.45, 2.75) is 25.4 Å². The molecule has 2 saturated heterocycles. The van der Waals surface area contributed by atoms with Crippen molar-refractivity contribution in [1.29, 1.82) is 0 Å². The summed E-state index contributed by atoms with van der Waals surface area (Å²) in [5, 5.41) is 4.37. The lowest BCUT2D eigenvalue weighted by molar-refractivity contribution is 0.157. The molecule has 0 saturated carbocycles. The molecule has 9 nitrogen and oxygen atoms in total. The topological polar surface area (TPSA) is 88.5 Å². The maximum absolute atomic E-state index is 6.39. The second-order valence-electron chi connectivity index (χ2n) is 9.81. The average molecular weight is 512 g/mol. The predicted molar refractivity (Wildman–Crippen MR) is 148 cm³/mol. The van der Waals surface area contributed by atoms with Crippen LogP contribution in [0, 0.1) is 0 Å². The van der Waals surface area contributed by atoms with Crippen LogP contribution in [0.3, 0.4) is 0 Å². The summed E-state index contributed by atoms with van der Waals surface area (Å²) in [6.45, 7) is 5.21. The van der Waals surface area contributed by atoms with E-state index in [1.165, 1.54) is 5.56 Å². The Hall–Kier alpha value is -3.98. The molecule has 0 radical (unpaired) electrons. The van der Waals surface area contributed by atoms with Crippen LogP contribution in [0.4, 0.5) is 11.8 Å². The van der Waals surface area contributed by atoms with Crippen LogP contribution in [0.25, 0.3) is 10.9 Å². The molecule has 0 aliphatic carbocycles. The fourth-order valence-electron chi connectivity index (χ4n) is 5.20. The molecule has 0 atom stereocenters. The minimum Gasteiger partial charge on any atom is -0.493 e. The summed E-state index contributed by atoms with van der Waals surface area (Å²) in [6, 6.07) is 14.4. The molecule has 2 aromatic heterocycles. The van der Waals surface area contributed by atoms with Crippen LogP contribution in [0.15, 0.2) is 61.2 Å². The Labute approximate surface area is 222 Å². The first-order valence-corrected chi connectivity index (χ1v) is 13.3. The number of nitrogens with one attached hydrogen (secondary N) is 1. The summed E-state index contributed by atoms with van der Waals surface area (Å²) >= 11 is 0. The molecular weight excluding hydrogens is 478 g/mol. The number of hydrogen-bond acceptors (Lipinski definition) is 9. The van der Waals surface area contributed by atoms with Crippen molar-refractivity contribution in [1.82, 2.24) is 25.3 Å². The molecule has 0 spiro atoms. The number of anilines is 2. The van der Waals surface area contributed by atoms with E-state index in [1.807, 2.05) is 30.6 Å². The lowest BCUT2D eigenvalue weighted by atomic mass is 10.1. The van der Waals surface area contributed by atoms with Gasteiger partial charge in [0.2, 0.25) is 5.95 Å². The van der Waals surface area contributed by atoms with Gasteiger partial charge in [0.15, 0.2) is 11.5 Å². The molecule has 38 heavy (non-hydrogen) atoms. The summed E-state index contributed by atoms with van der Waals surface area (Å²) in [6.07, 6.45) is 8.49. The van der Waals surface area contributed by atoms with E-state index in [-0.39, 0.29) is 6.10 Å². The standard InChI is InChI=1S/C29H33N7O2/c1-37-26-17-25-24(16-27(26)38-23-7-9-30-10-8-23)28(34-20-33-25)35-11-13-36(14-12-35)29-31-18-22(19-32-29)15-21-5-3-2-4-6-21/h2-6,16-20,23,30H,7-15H2,1H3. The Morgan fingerprint density at radius 2 is 1.58 bits per heavy atom. The largest absolute Gasteiger partial charge is 0.493 e. The highest BCUT2D eigenvalue weighted by Crippen LogP contribution is 2.36. The molecule has 2 aliphatic heterocycles. The number of rotatable bonds is 7. The average Bonchev–Trinajstić information content (AvgIpc) is 2.98. The van der Waals surface area contributed by atoms with Crippen molar-refractivity contribution >= 4 is 22.7 Å².